The molecule has 6 heteroatoms. The molecule has 1 heterocycles. The van der Waals surface area contributed by atoms with Crippen molar-refractivity contribution >= 4 is 27.8 Å². The van der Waals surface area contributed by atoms with Crippen LogP contribution in [-0.2, 0) is 9.53 Å². The molecule has 19 heavy (non-hydrogen) atoms. The van der Waals surface area contributed by atoms with Crippen molar-refractivity contribution < 1.29 is 14.3 Å². The van der Waals surface area contributed by atoms with E-state index in [1.165, 1.54) is 0 Å². The molecular weight excluding hydrogens is 312 g/mol. The molecule has 0 bridgehead atoms. The third-order valence-electron chi connectivity index (χ3n) is 2.79. The maximum Gasteiger partial charge on any atom is 0.325 e. The molecule has 0 N–H and O–H groups in total. The molecule has 0 aliphatic heterocycles. The Morgan fingerprint density at radius 2 is 2.21 bits per heavy atom. The molecule has 1 amide bonds. The average molecular weight is 327 g/mol. The van der Waals surface area contributed by atoms with Gasteiger partial charge in [-0.3, -0.25) is 9.59 Å². The van der Waals surface area contributed by atoms with Crippen LogP contribution in [-0.4, -0.2) is 41.0 Å². The summed E-state index contributed by atoms with van der Waals surface area (Å²) in [6.07, 6.45) is 1.86. The zero-order valence-corrected chi connectivity index (χ0v) is 12.2. The number of carbonyl (C=O) groups is 2. The number of halogens is 1. The molecule has 0 unspecified atom stereocenters. The Balaban J connectivity index is 2.10. The minimum atomic E-state index is -0.377. The molecule has 1 aromatic heterocycles. The van der Waals surface area contributed by atoms with E-state index in [0.29, 0.717) is 16.9 Å². The predicted octanol–water partition coefficient (Wildman–Crippen LogP) is 2.01. The largest absolute Gasteiger partial charge is 0.465 e. The van der Waals surface area contributed by atoms with E-state index in [2.05, 4.69) is 20.9 Å². The van der Waals surface area contributed by atoms with Crippen molar-refractivity contribution in [1.82, 2.24) is 9.88 Å². The number of pyridine rings is 1. The molecule has 102 valence electrons. The molecule has 1 aliphatic carbocycles. The third kappa shape index (κ3) is 3.76. The van der Waals surface area contributed by atoms with Crippen LogP contribution in [0, 0.1) is 0 Å². The van der Waals surface area contributed by atoms with Crippen LogP contribution in [0.3, 0.4) is 0 Å². The van der Waals surface area contributed by atoms with Crippen LogP contribution in [0.15, 0.2) is 22.8 Å². The molecule has 0 saturated heterocycles. The Kier molecular flexibility index (Phi) is 4.52. The standard InChI is InChI=1S/C13H15BrN2O3/c1-2-19-12(17)8-16(9-6-7-9)13(18)10-4-3-5-11(14)15-10/h3-5,9H,2,6-8H2,1H3. The summed E-state index contributed by atoms with van der Waals surface area (Å²) in [7, 11) is 0. The lowest BCUT2D eigenvalue weighted by Gasteiger charge is -2.20. The van der Waals surface area contributed by atoms with Gasteiger partial charge in [-0.05, 0) is 47.8 Å². The quantitative estimate of drug-likeness (QED) is 0.613. The number of carbonyl (C=O) groups excluding carboxylic acids is 2. The number of amides is 1. The summed E-state index contributed by atoms with van der Waals surface area (Å²) in [6.45, 7) is 2.06. The first-order valence-corrected chi connectivity index (χ1v) is 7.00. The predicted molar refractivity (Wildman–Crippen MR) is 72.6 cm³/mol. The van der Waals surface area contributed by atoms with Crippen molar-refractivity contribution in [3.8, 4) is 0 Å². The highest BCUT2D eigenvalue weighted by Gasteiger charge is 2.35. The van der Waals surface area contributed by atoms with Gasteiger partial charge in [-0.15, -0.1) is 0 Å². The zero-order valence-electron chi connectivity index (χ0n) is 10.6. The third-order valence-corrected chi connectivity index (χ3v) is 3.23. The smallest absolute Gasteiger partial charge is 0.325 e. The Labute approximate surface area is 120 Å². The summed E-state index contributed by atoms with van der Waals surface area (Å²) in [4.78, 5) is 29.6. The monoisotopic (exact) mass is 326 g/mol. The van der Waals surface area contributed by atoms with Crippen molar-refractivity contribution in [3.63, 3.8) is 0 Å². The number of ether oxygens (including phenoxy) is 1. The SMILES string of the molecule is CCOC(=O)CN(C(=O)c1cccc(Br)n1)C1CC1. The van der Waals surface area contributed by atoms with Gasteiger partial charge < -0.3 is 9.64 Å². The molecule has 0 aromatic carbocycles. The van der Waals surface area contributed by atoms with Crippen molar-refractivity contribution in [1.29, 1.82) is 0 Å². The van der Waals surface area contributed by atoms with E-state index in [1.54, 1.807) is 30.0 Å². The molecule has 1 aromatic rings. The highest BCUT2D eigenvalue weighted by atomic mass is 79.9. The van der Waals surface area contributed by atoms with Crippen LogP contribution < -0.4 is 0 Å². The van der Waals surface area contributed by atoms with Gasteiger partial charge in [-0.2, -0.15) is 0 Å². The number of aromatic nitrogens is 1. The van der Waals surface area contributed by atoms with Crippen molar-refractivity contribution in [3.05, 3.63) is 28.5 Å². The van der Waals surface area contributed by atoms with E-state index < -0.39 is 0 Å². The van der Waals surface area contributed by atoms with E-state index in [0.717, 1.165) is 12.8 Å². The molecular formula is C13H15BrN2O3. The van der Waals surface area contributed by atoms with Gasteiger partial charge in [0, 0.05) is 6.04 Å². The van der Waals surface area contributed by atoms with Crippen LogP contribution in [0.25, 0.3) is 0 Å². The van der Waals surface area contributed by atoms with Crippen LogP contribution in [0.2, 0.25) is 0 Å². The Bertz CT molecular complexity index is 489. The summed E-state index contributed by atoms with van der Waals surface area (Å²) in [5.74, 6) is -0.602. The van der Waals surface area contributed by atoms with Gasteiger partial charge in [0.25, 0.3) is 5.91 Å². The van der Waals surface area contributed by atoms with E-state index in [4.69, 9.17) is 4.74 Å². The summed E-state index contributed by atoms with van der Waals surface area (Å²) in [6, 6.07) is 5.29. The van der Waals surface area contributed by atoms with Gasteiger partial charge >= 0.3 is 5.97 Å². The fraction of sp³-hybridized carbons (Fsp3) is 0.462. The minimum absolute atomic E-state index is 0.00840. The van der Waals surface area contributed by atoms with Gasteiger partial charge in [0.05, 0.1) is 6.61 Å². The van der Waals surface area contributed by atoms with Crippen LogP contribution in [0.1, 0.15) is 30.3 Å². The highest BCUT2D eigenvalue weighted by Crippen LogP contribution is 2.28. The van der Waals surface area contributed by atoms with Crippen molar-refractivity contribution in [2.75, 3.05) is 13.2 Å². The Hall–Kier alpha value is -1.43. The van der Waals surface area contributed by atoms with Crippen LogP contribution in [0.5, 0.6) is 0 Å². The molecule has 0 radical (unpaired) electrons. The maximum absolute atomic E-state index is 12.4. The van der Waals surface area contributed by atoms with Gasteiger partial charge in [0.2, 0.25) is 0 Å². The molecule has 0 spiro atoms. The van der Waals surface area contributed by atoms with E-state index >= 15 is 0 Å². The van der Waals surface area contributed by atoms with E-state index in [-0.39, 0.29) is 24.5 Å². The lowest BCUT2D eigenvalue weighted by atomic mass is 10.3. The first kappa shape index (κ1) is 14.0. The number of esters is 1. The fourth-order valence-electron chi connectivity index (χ4n) is 1.77. The van der Waals surface area contributed by atoms with Crippen molar-refractivity contribution in [2.45, 2.75) is 25.8 Å². The number of hydrogen-bond donors (Lipinski definition) is 0. The Morgan fingerprint density at radius 1 is 1.47 bits per heavy atom. The number of hydrogen-bond acceptors (Lipinski definition) is 4. The summed E-state index contributed by atoms with van der Waals surface area (Å²) < 4.78 is 5.50. The first-order valence-electron chi connectivity index (χ1n) is 6.21. The van der Waals surface area contributed by atoms with E-state index in [9.17, 15) is 9.59 Å². The molecule has 2 rings (SSSR count). The molecule has 5 nitrogen and oxygen atoms in total. The second-order valence-electron chi connectivity index (χ2n) is 4.31. The second kappa shape index (κ2) is 6.14. The Morgan fingerprint density at radius 3 is 2.79 bits per heavy atom. The molecule has 1 saturated carbocycles. The first-order chi connectivity index (χ1) is 9.11. The van der Waals surface area contributed by atoms with E-state index in [1.807, 2.05) is 0 Å². The number of rotatable bonds is 5. The van der Waals surface area contributed by atoms with Crippen LogP contribution >= 0.6 is 15.9 Å². The summed E-state index contributed by atoms with van der Waals surface area (Å²) in [5.41, 5.74) is 0.338. The maximum atomic E-state index is 12.4. The van der Waals surface area contributed by atoms with Crippen LogP contribution in [0.4, 0.5) is 0 Å². The second-order valence-corrected chi connectivity index (χ2v) is 5.13. The highest BCUT2D eigenvalue weighted by molar-refractivity contribution is 9.10. The average Bonchev–Trinajstić information content (AvgIpc) is 3.20. The summed E-state index contributed by atoms with van der Waals surface area (Å²) in [5, 5.41) is 0. The topological polar surface area (TPSA) is 59.5 Å². The van der Waals surface area contributed by atoms with Crippen molar-refractivity contribution in [2.24, 2.45) is 0 Å². The molecule has 0 atom stereocenters. The molecule has 1 fully saturated rings. The fourth-order valence-corrected chi connectivity index (χ4v) is 2.12. The van der Waals surface area contributed by atoms with Gasteiger partial charge in [-0.1, -0.05) is 6.07 Å². The van der Waals surface area contributed by atoms with Gasteiger partial charge in [-0.25, -0.2) is 4.98 Å². The normalized spacial score (nSPS) is 14.0. The lowest BCUT2D eigenvalue weighted by molar-refractivity contribution is -0.144. The number of nitrogens with zero attached hydrogens (tertiary/aromatic N) is 2. The summed E-state index contributed by atoms with van der Waals surface area (Å²) >= 11 is 3.23. The lowest BCUT2D eigenvalue weighted by Crippen LogP contribution is -2.38. The van der Waals surface area contributed by atoms with Gasteiger partial charge in [0.15, 0.2) is 0 Å². The van der Waals surface area contributed by atoms with Gasteiger partial charge in [0.1, 0.15) is 16.8 Å². The molecule has 1 aliphatic rings. The minimum Gasteiger partial charge on any atom is -0.465 e. The zero-order chi connectivity index (χ0) is 13.8.